The van der Waals surface area contributed by atoms with Crippen LogP contribution in [0.15, 0.2) is 66.9 Å². The fourth-order valence-electron chi connectivity index (χ4n) is 4.88. The van der Waals surface area contributed by atoms with Gasteiger partial charge in [0.2, 0.25) is 11.8 Å². The number of nitrogens with zero attached hydrogens (tertiary/aromatic N) is 3. The predicted molar refractivity (Wildman–Crippen MR) is 155 cm³/mol. The van der Waals surface area contributed by atoms with Gasteiger partial charge in [-0.05, 0) is 69.9 Å². The zero-order chi connectivity index (χ0) is 28.5. The Balaban J connectivity index is 1.40. The number of amides is 1. The molecule has 1 atom stereocenters. The van der Waals surface area contributed by atoms with Crippen LogP contribution in [-0.2, 0) is 11.2 Å². The van der Waals surface area contributed by atoms with Crippen LogP contribution in [0.3, 0.4) is 0 Å². The number of alkyl carbamates (subject to hydrolysis) is 1. The third kappa shape index (κ3) is 8.65. The molecule has 1 heterocycles. The summed E-state index contributed by atoms with van der Waals surface area (Å²) in [4.78, 5) is 32.1. The van der Waals surface area contributed by atoms with Crippen LogP contribution in [-0.4, -0.2) is 39.2 Å². The molecular weight excluding hydrogens is 508 g/mol. The first-order valence-electron chi connectivity index (χ1n) is 13.8. The van der Waals surface area contributed by atoms with E-state index in [9.17, 15) is 14.9 Å². The number of aromatic nitrogens is 2. The van der Waals surface area contributed by atoms with Crippen molar-refractivity contribution in [3.8, 4) is 0 Å². The molecule has 212 valence electrons. The highest BCUT2D eigenvalue weighted by atomic mass is 16.6. The van der Waals surface area contributed by atoms with E-state index in [1.165, 1.54) is 6.20 Å². The SMILES string of the molecule is CC(C)(C)OC(=O)N[C@H]1CC[C@H](CNc2nc(NC(Cc3ccccc3)c3ccccc3)ncc2[N+](=O)[O-])CC1. The molecular formula is C30H38N6O4. The Hall–Kier alpha value is -4.21. The van der Waals surface area contributed by atoms with E-state index in [-0.39, 0.29) is 23.6 Å². The molecule has 1 aliphatic rings. The average Bonchev–Trinajstić information content (AvgIpc) is 2.92. The Morgan fingerprint density at radius 3 is 2.33 bits per heavy atom. The maximum absolute atomic E-state index is 12.1. The summed E-state index contributed by atoms with van der Waals surface area (Å²) in [6, 6.07) is 20.1. The number of hydrogen-bond donors (Lipinski definition) is 3. The van der Waals surface area contributed by atoms with Gasteiger partial charge >= 0.3 is 11.8 Å². The van der Waals surface area contributed by atoms with E-state index < -0.39 is 16.6 Å². The van der Waals surface area contributed by atoms with Crippen molar-refractivity contribution in [1.82, 2.24) is 15.3 Å². The van der Waals surface area contributed by atoms with Gasteiger partial charge in [-0.2, -0.15) is 4.98 Å². The number of nitro groups is 1. The van der Waals surface area contributed by atoms with Crippen LogP contribution in [0.1, 0.15) is 63.6 Å². The summed E-state index contributed by atoms with van der Waals surface area (Å²) in [5.74, 6) is 0.823. The van der Waals surface area contributed by atoms with Gasteiger partial charge in [-0.25, -0.2) is 9.78 Å². The van der Waals surface area contributed by atoms with Crippen molar-refractivity contribution < 1.29 is 14.5 Å². The Labute approximate surface area is 235 Å². The number of nitrogens with one attached hydrogen (secondary N) is 3. The molecule has 10 nitrogen and oxygen atoms in total. The third-order valence-corrected chi connectivity index (χ3v) is 6.88. The van der Waals surface area contributed by atoms with Crippen LogP contribution < -0.4 is 16.0 Å². The van der Waals surface area contributed by atoms with Crippen molar-refractivity contribution in [2.24, 2.45) is 5.92 Å². The molecule has 1 saturated carbocycles. The van der Waals surface area contributed by atoms with Crippen molar-refractivity contribution in [3.63, 3.8) is 0 Å². The van der Waals surface area contributed by atoms with Crippen molar-refractivity contribution in [2.45, 2.75) is 70.6 Å². The van der Waals surface area contributed by atoms with Gasteiger partial charge in [-0.1, -0.05) is 60.7 Å². The van der Waals surface area contributed by atoms with E-state index in [1.807, 2.05) is 69.3 Å². The first-order valence-corrected chi connectivity index (χ1v) is 13.8. The lowest BCUT2D eigenvalue weighted by Crippen LogP contribution is -2.41. The van der Waals surface area contributed by atoms with Crippen molar-refractivity contribution in [1.29, 1.82) is 0 Å². The quantitative estimate of drug-likeness (QED) is 0.200. The molecule has 0 bridgehead atoms. The smallest absolute Gasteiger partial charge is 0.407 e. The normalized spacial score (nSPS) is 17.9. The Morgan fingerprint density at radius 1 is 1.05 bits per heavy atom. The van der Waals surface area contributed by atoms with Crippen LogP contribution >= 0.6 is 0 Å². The second-order valence-electron chi connectivity index (χ2n) is 11.2. The molecule has 10 heteroatoms. The third-order valence-electron chi connectivity index (χ3n) is 6.88. The van der Waals surface area contributed by atoms with Gasteiger partial charge in [-0.3, -0.25) is 10.1 Å². The van der Waals surface area contributed by atoms with E-state index >= 15 is 0 Å². The highest BCUT2D eigenvalue weighted by molar-refractivity contribution is 5.68. The number of carbonyl (C=O) groups excluding carboxylic acids is 1. The molecule has 1 aromatic heterocycles. The summed E-state index contributed by atoms with van der Waals surface area (Å²) in [7, 11) is 0. The molecule has 3 N–H and O–H groups in total. The van der Waals surface area contributed by atoms with Gasteiger partial charge in [0.15, 0.2) is 0 Å². The molecule has 0 aliphatic heterocycles. The van der Waals surface area contributed by atoms with E-state index in [1.54, 1.807) is 0 Å². The van der Waals surface area contributed by atoms with Crippen LogP contribution in [0.2, 0.25) is 0 Å². The molecule has 2 aromatic carbocycles. The molecule has 3 aromatic rings. The minimum Gasteiger partial charge on any atom is -0.444 e. The minimum atomic E-state index is -0.534. The van der Waals surface area contributed by atoms with Crippen molar-refractivity contribution >= 4 is 23.5 Å². The van der Waals surface area contributed by atoms with Crippen molar-refractivity contribution in [2.75, 3.05) is 17.2 Å². The van der Waals surface area contributed by atoms with Gasteiger partial charge in [0.25, 0.3) is 0 Å². The number of hydrogen-bond acceptors (Lipinski definition) is 8. The average molecular weight is 547 g/mol. The fraction of sp³-hybridized carbons (Fsp3) is 0.433. The molecule has 1 amide bonds. The lowest BCUT2D eigenvalue weighted by atomic mass is 9.86. The summed E-state index contributed by atoms with van der Waals surface area (Å²) >= 11 is 0. The lowest BCUT2D eigenvalue weighted by molar-refractivity contribution is -0.384. The molecule has 4 rings (SSSR count). The fourth-order valence-corrected chi connectivity index (χ4v) is 4.88. The number of carbonyl (C=O) groups is 1. The van der Waals surface area contributed by atoms with Gasteiger partial charge in [0, 0.05) is 12.6 Å². The molecule has 0 saturated heterocycles. The number of ether oxygens (including phenoxy) is 1. The lowest BCUT2D eigenvalue weighted by Gasteiger charge is -2.30. The Morgan fingerprint density at radius 2 is 1.70 bits per heavy atom. The molecule has 40 heavy (non-hydrogen) atoms. The Bertz CT molecular complexity index is 1260. The zero-order valence-electron chi connectivity index (χ0n) is 23.3. The molecule has 0 radical (unpaired) electrons. The summed E-state index contributed by atoms with van der Waals surface area (Å²) in [6.07, 6.45) is 4.96. The molecule has 0 spiro atoms. The topological polar surface area (TPSA) is 131 Å². The minimum absolute atomic E-state index is 0.0647. The zero-order valence-corrected chi connectivity index (χ0v) is 23.3. The van der Waals surface area contributed by atoms with Crippen LogP contribution in [0.25, 0.3) is 0 Å². The molecule has 1 unspecified atom stereocenters. The highest BCUT2D eigenvalue weighted by Gasteiger charge is 2.26. The summed E-state index contributed by atoms with van der Waals surface area (Å²) < 4.78 is 5.36. The largest absolute Gasteiger partial charge is 0.444 e. The standard InChI is InChI=1S/C30H38N6O4/c1-30(2,3)40-29(37)33-24-16-14-22(15-17-24)19-31-27-26(36(38)39)20-32-28(35-27)34-25(23-12-8-5-9-13-23)18-21-10-6-4-7-11-21/h4-13,20,22,24-25H,14-19H2,1-3H3,(H,33,37)(H2,31,32,34,35)/t22-,24-,25?. The second kappa shape index (κ2) is 13.2. The Kier molecular flexibility index (Phi) is 9.52. The number of benzene rings is 2. The molecule has 1 fully saturated rings. The first kappa shape index (κ1) is 28.8. The predicted octanol–water partition coefficient (Wildman–Crippen LogP) is 6.28. The van der Waals surface area contributed by atoms with Gasteiger partial charge in [0.05, 0.1) is 11.0 Å². The first-order chi connectivity index (χ1) is 19.2. The number of anilines is 2. The maximum Gasteiger partial charge on any atom is 0.407 e. The van der Waals surface area contributed by atoms with Crippen LogP contribution in [0.4, 0.5) is 22.2 Å². The van der Waals surface area contributed by atoms with Gasteiger partial charge < -0.3 is 20.7 Å². The van der Waals surface area contributed by atoms with E-state index in [4.69, 9.17) is 4.74 Å². The van der Waals surface area contributed by atoms with Crippen molar-refractivity contribution in [3.05, 3.63) is 88.1 Å². The van der Waals surface area contributed by atoms with E-state index in [0.717, 1.165) is 36.8 Å². The summed E-state index contributed by atoms with van der Waals surface area (Å²) in [5, 5.41) is 21.3. The number of rotatable bonds is 10. The van der Waals surface area contributed by atoms with Gasteiger partial charge in [-0.15, -0.1) is 0 Å². The summed E-state index contributed by atoms with van der Waals surface area (Å²) in [5.41, 5.74) is 1.53. The van der Waals surface area contributed by atoms with Gasteiger partial charge in [0.1, 0.15) is 11.8 Å². The van der Waals surface area contributed by atoms with Crippen LogP contribution in [0.5, 0.6) is 0 Å². The van der Waals surface area contributed by atoms with Crippen LogP contribution in [0, 0.1) is 16.0 Å². The van der Waals surface area contributed by atoms with E-state index in [0.29, 0.717) is 24.8 Å². The summed E-state index contributed by atoms with van der Waals surface area (Å²) in [6.45, 7) is 6.07. The second-order valence-corrected chi connectivity index (χ2v) is 11.2. The van der Waals surface area contributed by atoms with E-state index in [2.05, 4.69) is 38.1 Å². The monoisotopic (exact) mass is 546 g/mol. The molecule has 1 aliphatic carbocycles. The maximum atomic E-state index is 12.1. The highest BCUT2D eigenvalue weighted by Crippen LogP contribution is 2.29.